The molecular weight excluding hydrogens is 375 g/mol. The van der Waals surface area contributed by atoms with E-state index in [4.69, 9.17) is 32.7 Å². The van der Waals surface area contributed by atoms with Crippen LogP contribution in [0.4, 0.5) is 0 Å². The molecule has 2 aromatic carbocycles. The van der Waals surface area contributed by atoms with E-state index in [-0.39, 0.29) is 13.2 Å². The summed E-state index contributed by atoms with van der Waals surface area (Å²) in [4.78, 5) is 23.2. The molecule has 0 N–H and O–H groups in total. The molecule has 0 aliphatic heterocycles. The number of esters is 2. The minimum absolute atomic E-state index is 0.120. The molecule has 26 heavy (non-hydrogen) atoms. The van der Waals surface area contributed by atoms with Crippen molar-refractivity contribution < 1.29 is 19.1 Å². The Morgan fingerprint density at radius 2 is 1.19 bits per heavy atom. The van der Waals surface area contributed by atoms with Gasteiger partial charge in [-0.05, 0) is 35.4 Å². The van der Waals surface area contributed by atoms with Crippen molar-refractivity contribution in [2.75, 3.05) is 0 Å². The summed E-state index contributed by atoms with van der Waals surface area (Å²) in [5.74, 6) is -1.05. The van der Waals surface area contributed by atoms with Gasteiger partial charge >= 0.3 is 11.9 Å². The summed E-state index contributed by atoms with van der Waals surface area (Å²) in [5.41, 5.74) is 1.58. The smallest absolute Gasteiger partial charge is 0.331 e. The van der Waals surface area contributed by atoms with Gasteiger partial charge in [-0.3, -0.25) is 0 Å². The van der Waals surface area contributed by atoms with Crippen LogP contribution >= 0.6 is 23.2 Å². The van der Waals surface area contributed by atoms with Gasteiger partial charge in [0, 0.05) is 22.2 Å². The number of rotatable bonds is 7. The number of carbonyl (C=O) groups excluding carboxylic acids is 2. The lowest BCUT2D eigenvalue weighted by molar-refractivity contribution is -0.140. The molecule has 2 rings (SSSR count). The van der Waals surface area contributed by atoms with Gasteiger partial charge in [0.05, 0.1) is 0 Å². The number of carbonyl (C=O) groups is 2. The summed E-state index contributed by atoms with van der Waals surface area (Å²) in [6.07, 6.45) is 5.23. The highest BCUT2D eigenvalue weighted by atomic mass is 35.5. The van der Waals surface area contributed by atoms with Gasteiger partial charge in [-0.2, -0.15) is 0 Å². The van der Waals surface area contributed by atoms with Crippen LogP contribution in [0.2, 0.25) is 10.0 Å². The zero-order valence-electron chi connectivity index (χ0n) is 13.7. The maximum Gasteiger partial charge on any atom is 0.331 e. The van der Waals surface area contributed by atoms with Crippen molar-refractivity contribution in [1.82, 2.24) is 0 Å². The Morgan fingerprint density at radius 1 is 0.769 bits per heavy atom. The van der Waals surface area contributed by atoms with Crippen LogP contribution in [0.3, 0.4) is 0 Å². The van der Waals surface area contributed by atoms with Crippen molar-refractivity contribution in [3.63, 3.8) is 0 Å². The zero-order chi connectivity index (χ0) is 18.8. The molecule has 0 spiro atoms. The minimum Gasteiger partial charge on any atom is -0.458 e. The van der Waals surface area contributed by atoms with Gasteiger partial charge in [-0.25, -0.2) is 9.59 Å². The van der Waals surface area contributed by atoms with Crippen LogP contribution in [0.5, 0.6) is 0 Å². The Hall–Kier alpha value is -2.56. The fourth-order valence-corrected chi connectivity index (χ4v) is 2.35. The van der Waals surface area contributed by atoms with E-state index >= 15 is 0 Å². The van der Waals surface area contributed by atoms with Gasteiger partial charge in [0.25, 0.3) is 0 Å². The van der Waals surface area contributed by atoms with Crippen molar-refractivity contribution in [3.05, 3.63) is 94.0 Å². The largest absolute Gasteiger partial charge is 0.458 e. The third-order valence-corrected chi connectivity index (χ3v) is 3.59. The van der Waals surface area contributed by atoms with E-state index in [0.29, 0.717) is 10.0 Å². The quantitative estimate of drug-likeness (QED) is 0.383. The molecule has 0 saturated heterocycles. The number of hydrogen-bond donors (Lipinski definition) is 0. The van der Waals surface area contributed by atoms with Crippen LogP contribution in [-0.4, -0.2) is 11.9 Å². The normalized spacial score (nSPS) is 11.0. The predicted molar refractivity (Wildman–Crippen MR) is 101 cm³/mol. The first kappa shape index (κ1) is 19.8. The molecule has 0 bridgehead atoms. The molecule has 0 aromatic heterocycles. The number of benzene rings is 2. The Balaban J connectivity index is 1.70. The van der Waals surface area contributed by atoms with Crippen LogP contribution in [0, 0.1) is 0 Å². The van der Waals surface area contributed by atoms with Crippen LogP contribution in [-0.2, 0) is 32.3 Å². The SMILES string of the molecule is O=C(/C=C/C=C/C(=O)OCc1cccc(Cl)c1)OCc1cccc(Cl)c1. The third-order valence-electron chi connectivity index (χ3n) is 3.12. The summed E-state index contributed by atoms with van der Waals surface area (Å²) in [7, 11) is 0. The van der Waals surface area contributed by atoms with Crippen molar-refractivity contribution in [2.24, 2.45) is 0 Å². The van der Waals surface area contributed by atoms with Crippen molar-refractivity contribution in [3.8, 4) is 0 Å². The average Bonchev–Trinajstić information content (AvgIpc) is 2.62. The molecule has 0 heterocycles. The van der Waals surface area contributed by atoms with Gasteiger partial charge in [0.1, 0.15) is 13.2 Å². The Morgan fingerprint density at radius 3 is 1.58 bits per heavy atom. The number of allylic oxidation sites excluding steroid dienone is 2. The molecule has 0 unspecified atom stereocenters. The second kappa shape index (κ2) is 10.4. The van der Waals surface area contributed by atoms with Gasteiger partial charge in [0.15, 0.2) is 0 Å². The summed E-state index contributed by atoms with van der Waals surface area (Å²) >= 11 is 11.7. The molecule has 4 nitrogen and oxygen atoms in total. The second-order valence-electron chi connectivity index (χ2n) is 5.19. The fraction of sp³-hybridized carbons (Fsp3) is 0.100. The number of hydrogen-bond acceptors (Lipinski definition) is 4. The van der Waals surface area contributed by atoms with E-state index in [0.717, 1.165) is 11.1 Å². The van der Waals surface area contributed by atoms with E-state index in [2.05, 4.69) is 0 Å². The highest BCUT2D eigenvalue weighted by Crippen LogP contribution is 2.12. The molecule has 2 aromatic rings. The van der Waals surface area contributed by atoms with Crippen molar-refractivity contribution in [2.45, 2.75) is 13.2 Å². The highest BCUT2D eigenvalue weighted by Gasteiger charge is 2.00. The van der Waals surface area contributed by atoms with E-state index in [9.17, 15) is 9.59 Å². The molecule has 0 aliphatic rings. The van der Waals surface area contributed by atoms with Crippen molar-refractivity contribution in [1.29, 1.82) is 0 Å². The van der Waals surface area contributed by atoms with E-state index in [1.54, 1.807) is 48.5 Å². The Bertz CT molecular complexity index is 759. The number of ether oxygens (including phenoxy) is 2. The van der Waals surface area contributed by atoms with Crippen LogP contribution < -0.4 is 0 Å². The molecule has 0 radical (unpaired) electrons. The summed E-state index contributed by atoms with van der Waals surface area (Å²) < 4.78 is 10.1. The first-order valence-corrected chi connectivity index (χ1v) is 8.45. The van der Waals surface area contributed by atoms with Gasteiger partial charge in [-0.1, -0.05) is 59.6 Å². The van der Waals surface area contributed by atoms with Crippen LogP contribution in [0.1, 0.15) is 11.1 Å². The standard InChI is InChI=1S/C20H16Cl2O4/c21-17-7-3-5-15(11-17)13-25-19(23)9-1-2-10-20(24)26-14-16-6-4-8-18(22)12-16/h1-12H,13-14H2/b9-1+,10-2+. The topological polar surface area (TPSA) is 52.6 Å². The van der Waals surface area contributed by atoms with Crippen molar-refractivity contribution >= 4 is 35.1 Å². The zero-order valence-corrected chi connectivity index (χ0v) is 15.2. The van der Waals surface area contributed by atoms with Gasteiger partial charge in [-0.15, -0.1) is 0 Å². The molecule has 134 valence electrons. The molecule has 0 amide bonds. The molecule has 0 fully saturated rings. The van der Waals surface area contributed by atoms with Gasteiger partial charge in [0.2, 0.25) is 0 Å². The molecule has 0 atom stereocenters. The number of halogens is 2. The van der Waals surface area contributed by atoms with E-state index < -0.39 is 11.9 Å². The van der Waals surface area contributed by atoms with Crippen LogP contribution in [0.15, 0.2) is 72.8 Å². The summed E-state index contributed by atoms with van der Waals surface area (Å²) in [6.45, 7) is 0.240. The maximum atomic E-state index is 11.6. The lowest BCUT2D eigenvalue weighted by atomic mass is 10.2. The molecule has 0 saturated carbocycles. The molecule has 6 heteroatoms. The first-order valence-electron chi connectivity index (χ1n) is 7.70. The maximum absolute atomic E-state index is 11.6. The minimum atomic E-state index is -0.526. The molecular formula is C20H16Cl2O4. The predicted octanol–water partition coefficient (Wildman–Crippen LogP) is 4.89. The Kier molecular flexibility index (Phi) is 7.93. The summed E-state index contributed by atoms with van der Waals surface area (Å²) in [6, 6.07) is 14.1. The highest BCUT2D eigenvalue weighted by molar-refractivity contribution is 6.30. The average molecular weight is 391 g/mol. The van der Waals surface area contributed by atoms with E-state index in [1.807, 2.05) is 0 Å². The van der Waals surface area contributed by atoms with Gasteiger partial charge < -0.3 is 9.47 Å². The monoisotopic (exact) mass is 390 g/mol. The van der Waals surface area contributed by atoms with E-state index in [1.165, 1.54) is 24.3 Å². The third kappa shape index (κ3) is 7.55. The Labute approximate surface area is 161 Å². The second-order valence-corrected chi connectivity index (χ2v) is 6.07. The molecule has 0 aliphatic carbocycles. The summed E-state index contributed by atoms with van der Waals surface area (Å²) in [5, 5.41) is 1.15. The lowest BCUT2D eigenvalue weighted by Gasteiger charge is -2.02. The fourth-order valence-electron chi connectivity index (χ4n) is 1.93. The first-order chi connectivity index (χ1) is 12.5. The lowest BCUT2D eigenvalue weighted by Crippen LogP contribution is -2.01. The van der Waals surface area contributed by atoms with Crippen LogP contribution in [0.25, 0.3) is 0 Å².